The second kappa shape index (κ2) is 11.3. The number of nitrogens with zero attached hydrogens (tertiary/aromatic N) is 1. The number of ether oxygens (including phenoxy) is 2. The third kappa shape index (κ3) is 6.67. The Kier molecular flexibility index (Phi) is 7.93. The molecule has 3 rings (SSSR count). The van der Waals surface area contributed by atoms with E-state index < -0.39 is 23.9 Å². The molecule has 0 saturated carbocycles. The van der Waals surface area contributed by atoms with Gasteiger partial charge in [-0.1, -0.05) is 60.7 Å². The lowest BCUT2D eigenvalue weighted by Gasteiger charge is -2.18. The van der Waals surface area contributed by atoms with Crippen LogP contribution in [0.2, 0.25) is 0 Å². The summed E-state index contributed by atoms with van der Waals surface area (Å²) in [7, 11) is 0. The summed E-state index contributed by atoms with van der Waals surface area (Å²) in [5.74, 6) is -1.33. The van der Waals surface area contributed by atoms with Crippen LogP contribution in [0.4, 0.5) is 9.18 Å². The Hall–Kier alpha value is -4.18. The molecule has 0 bridgehead atoms. The molecule has 0 saturated heterocycles. The number of amides is 1. The van der Waals surface area contributed by atoms with Crippen molar-refractivity contribution in [1.29, 1.82) is 5.26 Å². The predicted molar refractivity (Wildman–Crippen MR) is 115 cm³/mol. The smallest absolute Gasteiger partial charge is 0.408 e. The maximum Gasteiger partial charge on any atom is 0.408 e. The van der Waals surface area contributed by atoms with Gasteiger partial charge in [0.05, 0.1) is 11.6 Å². The minimum atomic E-state index is -1.04. The first-order chi connectivity index (χ1) is 15.5. The number of nitriles is 1. The summed E-state index contributed by atoms with van der Waals surface area (Å²) in [5.41, 5.74) is 1.93. The fourth-order valence-electron chi connectivity index (χ4n) is 2.95. The maximum absolute atomic E-state index is 14.0. The fourth-order valence-corrected chi connectivity index (χ4v) is 2.95. The number of rotatable bonds is 8. The van der Waals surface area contributed by atoms with E-state index in [0.29, 0.717) is 0 Å². The molecule has 0 aromatic heterocycles. The van der Waals surface area contributed by atoms with Crippen LogP contribution >= 0.6 is 0 Å². The average molecular weight is 432 g/mol. The normalized spacial score (nSPS) is 11.1. The Morgan fingerprint density at radius 2 is 1.56 bits per heavy atom. The number of halogens is 1. The molecule has 1 atom stereocenters. The molecular formula is C25H21FN2O4. The van der Waals surface area contributed by atoms with E-state index in [2.05, 4.69) is 5.32 Å². The number of hydrogen-bond donors (Lipinski definition) is 1. The third-order valence-electron chi connectivity index (χ3n) is 4.62. The van der Waals surface area contributed by atoms with Gasteiger partial charge in [0, 0.05) is 12.0 Å². The minimum absolute atomic E-state index is 0.0476. The quantitative estimate of drug-likeness (QED) is 0.537. The monoisotopic (exact) mass is 432 g/mol. The van der Waals surface area contributed by atoms with Crippen LogP contribution in [0.1, 0.15) is 22.3 Å². The first-order valence-electron chi connectivity index (χ1n) is 9.91. The molecule has 1 amide bonds. The van der Waals surface area contributed by atoms with Crippen molar-refractivity contribution in [2.45, 2.75) is 25.7 Å². The van der Waals surface area contributed by atoms with Gasteiger partial charge < -0.3 is 14.8 Å². The molecular weight excluding hydrogens is 411 g/mol. The van der Waals surface area contributed by atoms with E-state index in [1.165, 1.54) is 12.1 Å². The largest absolute Gasteiger partial charge is 0.459 e. The predicted octanol–water partition coefficient (Wildman–Crippen LogP) is 4.28. The average Bonchev–Trinajstić information content (AvgIpc) is 2.83. The molecule has 0 aliphatic heterocycles. The molecule has 0 spiro atoms. The molecule has 32 heavy (non-hydrogen) atoms. The molecule has 0 fully saturated rings. The summed E-state index contributed by atoms with van der Waals surface area (Å²) in [6.07, 6.45) is -0.606. The molecule has 3 aromatic rings. The zero-order chi connectivity index (χ0) is 22.8. The Morgan fingerprint density at radius 1 is 0.906 bits per heavy atom. The molecule has 6 nitrogen and oxygen atoms in total. The molecule has 162 valence electrons. The van der Waals surface area contributed by atoms with Gasteiger partial charge in [-0.15, -0.1) is 0 Å². The van der Waals surface area contributed by atoms with Gasteiger partial charge in [0.25, 0.3) is 0 Å². The van der Waals surface area contributed by atoms with Crippen molar-refractivity contribution >= 4 is 12.1 Å². The first-order valence-corrected chi connectivity index (χ1v) is 9.91. The van der Waals surface area contributed by atoms with E-state index in [9.17, 15) is 14.0 Å². The number of benzene rings is 3. The second-order valence-corrected chi connectivity index (χ2v) is 6.97. The van der Waals surface area contributed by atoms with Crippen LogP contribution in [0, 0.1) is 17.1 Å². The number of carbonyl (C=O) groups is 2. The van der Waals surface area contributed by atoms with Crippen LogP contribution in [0.15, 0.2) is 78.9 Å². The molecule has 0 heterocycles. The molecule has 0 aliphatic rings. The van der Waals surface area contributed by atoms with Crippen molar-refractivity contribution in [3.05, 3.63) is 107 Å². The van der Waals surface area contributed by atoms with Crippen LogP contribution in [-0.4, -0.2) is 18.1 Å². The summed E-state index contributed by atoms with van der Waals surface area (Å²) in [6, 6.07) is 22.9. The van der Waals surface area contributed by atoms with Crippen molar-refractivity contribution in [3.8, 4) is 6.07 Å². The highest BCUT2D eigenvalue weighted by Gasteiger charge is 2.24. The van der Waals surface area contributed by atoms with Gasteiger partial charge in [-0.3, -0.25) is 0 Å². The maximum atomic E-state index is 14.0. The highest BCUT2D eigenvalue weighted by atomic mass is 19.1. The Morgan fingerprint density at radius 3 is 2.22 bits per heavy atom. The van der Waals surface area contributed by atoms with E-state index in [-0.39, 0.29) is 30.8 Å². The van der Waals surface area contributed by atoms with Gasteiger partial charge in [0.15, 0.2) is 0 Å². The van der Waals surface area contributed by atoms with Crippen LogP contribution in [0.25, 0.3) is 0 Å². The summed E-state index contributed by atoms with van der Waals surface area (Å²) in [6.45, 7) is -0.321. The SMILES string of the molecule is N#Cc1ccc(F)c(COC(=O)[C@H](Cc2ccccc2)NC(=O)OCc2ccccc2)c1. The summed E-state index contributed by atoms with van der Waals surface area (Å²) >= 11 is 0. The molecule has 1 N–H and O–H groups in total. The molecule has 7 heteroatoms. The lowest BCUT2D eigenvalue weighted by atomic mass is 10.1. The molecule has 3 aromatic carbocycles. The van der Waals surface area contributed by atoms with E-state index in [0.717, 1.165) is 17.2 Å². The number of alkyl carbamates (subject to hydrolysis) is 1. The molecule has 0 radical (unpaired) electrons. The van der Waals surface area contributed by atoms with Crippen molar-refractivity contribution < 1.29 is 23.5 Å². The number of esters is 1. The van der Waals surface area contributed by atoms with Crippen LogP contribution in [0.3, 0.4) is 0 Å². The second-order valence-electron chi connectivity index (χ2n) is 6.97. The van der Waals surface area contributed by atoms with Crippen molar-refractivity contribution in [2.24, 2.45) is 0 Å². The van der Waals surface area contributed by atoms with E-state index in [4.69, 9.17) is 14.7 Å². The number of nitrogens with one attached hydrogen (secondary N) is 1. The standard InChI is InChI=1S/C25H21FN2O4/c26-22-12-11-20(15-27)13-21(22)17-31-24(29)23(14-18-7-3-1-4-8-18)28-25(30)32-16-19-9-5-2-6-10-19/h1-13,23H,14,16-17H2,(H,28,30)/t23-/m0/s1. The van der Waals surface area contributed by atoms with E-state index >= 15 is 0 Å². The van der Waals surface area contributed by atoms with Gasteiger partial charge in [0.1, 0.15) is 25.1 Å². The zero-order valence-corrected chi connectivity index (χ0v) is 17.2. The van der Waals surface area contributed by atoms with Crippen LogP contribution in [-0.2, 0) is 33.9 Å². The highest BCUT2D eigenvalue weighted by Crippen LogP contribution is 2.13. The van der Waals surface area contributed by atoms with Crippen molar-refractivity contribution in [3.63, 3.8) is 0 Å². The Bertz CT molecular complexity index is 1100. The number of carbonyl (C=O) groups excluding carboxylic acids is 2. The first kappa shape index (κ1) is 22.5. The van der Waals surface area contributed by atoms with Gasteiger partial charge >= 0.3 is 12.1 Å². The lowest BCUT2D eigenvalue weighted by molar-refractivity contribution is -0.147. The topological polar surface area (TPSA) is 88.4 Å². The van der Waals surface area contributed by atoms with Crippen LogP contribution in [0.5, 0.6) is 0 Å². The zero-order valence-electron chi connectivity index (χ0n) is 17.2. The van der Waals surface area contributed by atoms with Crippen LogP contribution < -0.4 is 5.32 Å². The van der Waals surface area contributed by atoms with E-state index in [1.807, 2.05) is 66.7 Å². The fraction of sp³-hybridized carbons (Fsp3) is 0.160. The minimum Gasteiger partial charge on any atom is -0.459 e. The van der Waals surface area contributed by atoms with Gasteiger partial charge in [0.2, 0.25) is 0 Å². The summed E-state index contributed by atoms with van der Waals surface area (Å²) < 4.78 is 24.4. The van der Waals surface area contributed by atoms with Crippen molar-refractivity contribution in [2.75, 3.05) is 0 Å². The molecule has 0 aliphatic carbocycles. The number of hydrogen-bond acceptors (Lipinski definition) is 5. The lowest BCUT2D eigenvalue weighted by Crippen LogP contribution is -2.43. The summed E-state index contributed by atoms with van der Waals surface area (Å²) in [5, 5.41) is 11.5. The Balaban J connectivity index is 1.65. The van der Waals surface area contributed by atoms with E-state index in [1.54, 1.807) is 0 Å². The Labute approximate surface area is 185 Å². The summed E-state index contributed by atoms with van der Waals surface area (Å²) in [4.78, 5) is 25.0. The third-order valence-corrected chi connectivity index (χ3v) is 4.62. The van der Waals surface area contributed by atoms with Gasteiger partial charge in [-0.05, 0) is 29.3 Å². The molecule has 0 unspecified atom stereocenters. The van der Waals surface area contributed by atoms with Gasteiger partial charge in [-0.2, -0.15) is 5.26 Å². The van der Waals surface area contributed by atoms with Crippen molar-refractivity contribution in [1.82, 2.24) is 5.32 Å². The van der Waals surface area contributed by atoms with Gasteiger partial charge in [-0.25, -0.2) is 14.0 Å². The highest BCUT2D eigenvalue weighted by molar-refractivity contribution is 5.81.